The van der Waals surface area contributed by atoms with Gasteiger partial charge in [-0.05, 0) is 56.2 Å². The Balaban J connectivity index is 1.73. The van der Waals surface area contributed by atoms with E-state index in [1.54, 1.807) is 23.9 Å². The summed E-state index contributed by atoms with van der Waals surface area (Å²) in [5, 5.41) is 9.90. The number of hydrogen-bond donors (Lipinski definition) is 0. The Morgan fingerprint density at radius 3 is 2.86 bits per heavy atom. The smallest absolute Gasteiger partial charge is 0.120 e. The summed E-state index contributed by atoms with van der Waals surface area (Å²) in [6, 6.07) is 13.5. The van der Waals surface area contributed by atoms with Gasteiger partial charge in [0.15, 0.2) is 0 Å². The number of thioether (sulfide) groups is 1. The summed E-state index contributed by atoms with van der Waals surface area (Å²) < 4.78 is 5.65. The molecule has 2 aromatic rings. The van der Waals surface area contributed by atoms with E-state index < -0.39 is 0 Å². The summed E-state index contributed by atoms with van der Waals surface area (Å²) in [7, 11) is 0. The van der Waals surface area contributed by atoms with Crippen LogP contribution >= 0.6 is 11.8 Å². The number of aryl methyl sites for hydroxylation is 2. The van der Waals surface area contributed by atoms with Gasteiger partial charge in [0.25, 0.3) is 0 Å². The van der Waals surface area contributed by atoms with Gasteiger partial charge in [-0.3, -0.25) is 0 Å². The third kappa shape index (κ3) is 5.13. The quantitative estimate of drug-likeness (QED) is 0.594. The third-order valence-corrected chi connectivity index (χ3v) is 3.84. The van der Waals surface area contributed by atoms with E-state index in [0.717, 1.165) is 28.6 Å². The second kappa shape index (κ2) is 7.70. The van der Waals surface area contributed by atoms with Gasteiger partial charge < -0.3 is 4.74 Å². The number of nitrogens with zero attached hydrogens (tertiary/aromatic N) is 2. The molecule has 1 aromatic carbocycles. The van der Waals surface area contributed by atoms with Crippen LogP contribution in [0.2, 0.25) is 0 Å². The molecular weight excluding hydrogens is 280 g/mol. The van der Waals surface area contributed by atoms with Gasteiger partial charge in [0.1, 0.15) is 5.75 Å². The lowest BCUT2D eigenvalue weighted by atomic mass is 10.2. The minimum absolute atomic E-state index is 0.626. The van der Waals surface area contributed by atoms with Gasteiger partial charge in [0.05, 0.1) is 23.3 Å². The first kappa shape index (κ1) is 15.4. The summed E-state index contributed by atoms with van der Waals surface area (Å²) in [5.41, 5.74) is 2.93. The van der Waals surface area contributed by atoms with Crippen LogP contribution < -0.4 is 4.74 Å². The largest absolute Gasteiger partial charge is 0.494 e. The van der Waals surface area contributed by atoms with Crippen LogP contribution in [0.25, 0.3) is 0 Å². The first-order valence-electron chi connectivity index (χ1n) is 6.88. The topological polar surface area (TPSA) is 45.9 Å². The molecule has 0 aliphatic rings. The van der Waals surface area contributed by atoms with Gasteiger partial charge in [0.2, 0.25) is 0 Å². The van der Waals surface area contributed by atoms with Gasteiger partial charge in [-0.25, -0.2) is 4.98 Å². The Morgan fingerprint density at radius 1 is 1.24 bits per heavy atom. The summed E-state index contributed by atoms with van der Waals surface area (Å²) in [6.07, 6.45) is 0.941. The molecule has 3 nitrogen and oxygen atoms in total. The zero-order valence-electron chi connectivity index (χ0n) is 12.3. The molecule has 0 aliphatic heterocycles. The summed E-state index contributed by atoms with van der Waals surface area (Å²) in [6.45, 7) is 4.75. The molecule has 2 rings (SSSR count). The highest BCUT2D eigenvalue weighted by atomic mass is 32.2. The van der Waals surface area contributed by atoms with E-state index in [0.29, 0.717) is 12.2 Å². The van der Waals surface area contributed by atoms with Gasteiger partial charge in [0, 0.05) is 11.4 Å². The van der Waals surface area contributed by atoms with Crippen LogP contribution in [0, 0.1) is 25.2 Å². The molecule has 0 N–H and O–H groups in total. The Kier molecular flexibility index (Phi) is 5.65. The monoisotopic (exact) mass is 298 g/mol. The SMILES string of the molecule is Cc1cc(C)nc(SCCCOc2cccc(C#N)c2)c1. The zero-order valence-corrected chi connectivity index (χ0v) is 13.1. The van der Waals surface area contributed by atoms with Crippen LogP contribution in [0.5, 0.6) is 5.75 Å². The maximum atomic E-state index is 8.83. The number of hydrogen-bond acceptors (Lipinski definition) is 4. The van der Waals surface area contributed by atoms with E-state index in [1.807, 2.05) is 19.1 Å². The lowest BCUT2D eigenvalue weighted by Gasteiger charge is -2.07. The van der Waals surface area contributed by atoms with E-state index in [-0.39, 0.29) is 0 Å². The first-order chi connectivity index (χ1) is 10.2. The maximum Gasteiger partial charge on any atom is 0.120 e. The lowest BCUT2D eigenvalue weighted by molar-refractivity contribution is 0.318. The Labute approximate surface area is 130 Å². The predicted molar refractivity (Wildman–Crippen MR) is 85.7 cm³/mol. The van der Waals surface area contributed by atoms with E-state index in [9.17, 15) is 0 Å². The zero-order chi connectivity index (χ0) is 15.1. The highest BCUT2D eigenvalue weighted by molar-refractivity contribution is 7.99. The van der Waals surface area contributed by atoms with Crippen molar-refractivity contribution < 1.29 is 4.74 Å². The first-order valence-corrected chi connectivity index (χ1v) is 7.87. The number of ether oxygens (including phenoxy) is 1. The average molecular weight is 298 g/mol. The molecule has 0 amide bonds. The van der Waals surface area contributed by atoms with Crippen molar-refractivity contribution in [1.29, 1.82) is 5.26 Å². The van der Waals surface area contributed by atoms with Crippen molar-refractivity contribution >= 4 is 11.8 Å². The molecule has 4 heteroatoms. The molecule has 0 unspecified atom stereocenters. The van der Waals surface area contributed by atoms with Crippen molar-refractivity contribution in [2.45, 2.75) is 25.3 Å². The summed E-state index contributed by atoms with van der Waals surface area (Å²) in [5.74, 6) is 1.72. The van der Waals surface area contributed by atoms with Crippen LogP contribution in [0.15, 0.2) is 41.4 Å². The van der Waals surface area contributed by atoms with Crippen molar-refractivity contribution in [2.75, 3.05) is 12.4 Å². The summed E-state index contributed by atoms with van der Waals surface area (Å²) in [4.78, 5) is 4.50. The van der Waals surface area contributed by atoms with E-state index in [1.165, 1.54) is 5.56 Å². The average Bonchev–Trinajstić information content (AvgIpc) is 2.46. The number of benzene rings is 1. The van der Waals surface area contributed by atoms with Gasteiger partial charge in [-0.1, -0.05) is 6.07 Å². The molecule has 1 heterocycles. The number of pyridine rings is 1. The molecule has 0 aliphatic carbocycles. The second-order valence-electron chi connectivity index (χ2n) is 4.81. The number of nitriles is 1. The fraction of sp³-hybridized carbons (Fsp3) is 0.294. The van der Waals surface area contributed by atoms with Crippen LogP contribution in [-0.4, -0.2) is 17.3 Å². The van der Waals surface area contributed by atoms with Gasteiger partial charge in [-0.2, -0.15) is 5.26 Å². The Morgan fingerprint density at radius 2 is 2.10 bits per heavy atom. The highest BCUT2D eigenvalue weighted by Crippen LogP contribution is 2.19. The van der Waals surface area contributed by atoms with Crippen LogP contribution in [0.1, 0.15) is 23.2 Å². The van der Waals surface area contributed by atoms with Crippen molar-refractivity contribution in [2.24, 2.45) is 0 Å². The van der Waals surface area contributed by atoms with Crippen LogP contribution in [-0.2, 0) is 0 Å². The Bertz CT molecular complexity index is 629. The minimum Gasteiger partial charge on any atom is -0.494 e. The van der Waals surface area contributed by atoms with Gasteiger partial charge >= 0.3 is 0 Å². The fourth-order valence-electron chi connectivity index (χ4n) is 1.96. The second-order valence-corrected chi connectivity index (χ2v) is 5.93. The van der Waals surface area contributed by atoms with E-state index >= 15 is 0 Å². The molecule has 0 bridgehead atoms. The Hall–Kier alpha value is -1.99. The molecule has 1 aromatic heterocycles. The minimum atomic E-state index is 0.626. The third-order valence-electron chi connectivity index (χ3n) is 2.84. The predicted octanol–water partition coefficient (Wildman–Crippen LogP) is 4.13. The van der Waals surface area contributed by atoms with Crippen molar-refractivity contribution in [3.05, 3.63) is 53.2 Å². The van der Waals surface area contributed by atoms with E-state index in [4.69, 9.17) is 10.00 Å². The molecule has 0 atom stereocenters. The van der Waals surface area contributed by atoms with Crippen LogP contribution in [0.3, 0.4) is 0 Å². The van der Waals surface area contributed by atoms with Crippen molar-refractivity contribution in [3.8, 4) is 11.8 Å². The molecule has 0 saturated carbocycles. The van der Waals surface area contributed by atoms with Gasteiger partial charge in [-0.15, -0.1) is 11.8 Å². The van der Waals surface area contributed by atoms with Crippen LogP contribution in [0.4, 0.5) is 0 Å². The molecule has 108 valence electrons. The molecule has 0 radical (unpaired) electrons. The van der Waals surface area contributed by atoms with E-state index in [2.05, 4.69) is 30.1 Å². The number of aromatic nitrogens is 1. The fourth-order valence-corrected chi connectivity index (χ4v) is 2.91. The van der Waals surface area contributed by atoms with Crippen molar-refractivity contribution in [3.63, 3.8) is 0 Å². The molecule has 0 saturated heterocycles. The molecule has 0 spiro atoms. The standard InChI is InChI=1S/C17H18N2OS/c1-13-9-14(2)19-17(10-13)21-8-4-7-20-16-6-3-5-15(11-16)12-18/h3,5-6,9-11H,4,7-8H2,1-2H3. The maximum absolute atomic E-state index is 8.83. The number of rotatable bonds is 6. The summed E-state index contributed by atoms with van der Waals surface area (Å²) >= 11 is 1.75. The highest BCUT2D eigenvalue weighted by Gasteiger charge is 2.00. The molecule has 21 heavy (non-hydrogen) atoms. The lowest BCUT2D eigenvalue weighted by Crippen LogP contribution is -1.99. The molecular formula is C17H18N2OS. The molecule has 0 fully saturated rings. The van der Waals surface area contributed by atoms with Crippen molar-refractivity contribution in [1.82, 2.24) is 4.98 Å². The normalized spacial score (nSPS) is 10.1.